The van der Waals surface area contributed by atoms with E-state index in [1.165, 1.54) is 24.8 Å². The number of hydrogen-bond donors (Lipinski definition) is 0. The number of ether oxygens (including phenoxy) is 1. The van der Waals surface area contributed by atoms with Crippen LogP contribution in [0.5, 0.6) is 0 Å². The molecule has 0 unspecified atom stereocenters. The van der Waals surface area contributed by atoms with E-state index in [1.54, 1.807) is 0 Å². The molecule has 1 spiro atoms. The average Bonchev–Trinajstić information content (AvgIpc) is 3.25. The predicted molar refractivity (Wildman–Crippen MR) is 127 cm³/mol. The van der Waals surface area contributed by atoms with Crippen molar-refractivity contribution < 1.29 is 17.9 Å². The number of rotatable bonds is 4. The number of anilines is 1. The van der Waals surface area contributed by atoms with Crippen LogP contribution in [0.2, 0.25) is 0 Å². The van der Waals surface area contributed by atoms with Gasteiger partial charge < -0.3 is 14.5 Å². The van der Waals surface area contributed by atoms with Crippen molar-refractivity contribution in [1.82, 2.24) is 14.8 Å². The van der Waals surface area contributed by atoms with Crippen LogP contribution in [0.3, 0.4) is 0 Å². The van der Waals surface area contributed by atoms with E-state index < -0.39 is 9.84 Å². The highest BCUT2D eigenvalue weighted by Gasteiger charge is 2.51. The van der Waals surface area contributed by atoms with Gasteiger partial charge in [-0.1, -0.05) is 6.07 Å². The summed E-state index contributed by atoms with van der Waals surface area (Å²) in [7, 11) is -2.87. The Hall–Kier alpha value is -1.87. The molecular formula is C24H36N4O4S. The second-order valence-electron chi connectivity index (χ2n) is 10.3. The molecule has 4 aliphatic rings. The van der Waals surface area contributed by atoms with E-state index in [0.29, 0.717) is 30.9 Å². The predicted octanol–water partition coefficient (Wildman–Crippen LogP) is 2.51. The first-order valence-corrected chi connectivity index (χ1v) is 14.3. The van der Waals surface area contributed by atoms with Gasteiger partial charge in [0.1, 0.15) is 15.7 Å². The van der Waals surface area contributed by atoms with E-state index >= 15 is 0 Å². The van der Waals surface area contributed by atoms with Crippen LogP contribution in [0.4, 0.5) is 10.6 Å². The molecule has 0 bridgehead atoms. The second kappa shape index (κ2) is 9.06. The standard InChI is InChI=1S/C24H36N4O4S/c1-2-32-23(29)28-17-24(18-28)8-5-20(16-24)26-10-12-27(13-11-26)22-21(4-3-9-25-22)19-6-14-33(30,31)15-7-19/h3-4,9,19-20H,2,5-8,10-18H2,1H3/t20-/m1/s1. The van der Waals surface area contributed by atoms with E-state index in [-0.39, 0.29) is 23.5 Å². The van der Waals surface area contributed by atoms with Gasteiger partial charge in [0.05, 0.1) is 18.1 Å². The zero-order valence-electron chi connectivity index (χ0n) is 19.6. The normalized spacial score (nSPS) is 27.5. The Bertz CT molecular complexity index is 956. The lowest BCUT2D eigenvalue weighted by molar-refractivity contribution is -0.00294. The topological polar surface area (TPSA) is 83.1 Å². The van der Waals surface area contributed by atoms with Crippen molar-refractivity contribution in [3.05, 3.63) is 23.9 Å². The summed E-state index contributed by atoms with van der Waals surface area (Å²) in [5.41, 5.74) is 1.51. The van der Waals surface area contributed by atoms with Gasteiger partial charge >= 0.3 is 6.09 Å². The molecule has 4 heterocycles. The van der Waals surface area contributed by atoms with E-state index in [9.17, 15) is 13.2 Å². The van der Waals surface area contributed by atoms with Gasteiger partial charge in [-0.15, -0.1) is 0 Å². The summed E-state index contributed by atoms with van der Waals surface area (Å²) in [4.78, 5) is 23.6. The molecular weight excluding hydrogens is 440 g/mol. The number of amides is 1. The maximum Gasteiger partial charge on any atom is 0.409 e. The molecule has 0 N–H and O–H groups in total. The largest absolute Gasteiger partial charge is 0.450 e. The van der Waals surface area contributed by atoms with E-state index in [0.717, 1.165) is 45.1 Å². The summed E-state index contributed by atoms with van der Waals surface area (Å²) in [5.74, 6) is 1.91. The Morgan fingerprint density at radius 3 is 2.58 bits per heavy atom. The molecule has 1 atom stereocenters. The third-order valence-corrected chi connectivity index (χ3v) is 9.91. The van der Waals surface area contributed by atoms with Crippen molar-refractivity contribution in [2.45, 2.75) is 51.0 Å². The van der Waals surface area contributed by atoms with Crippen LogP contribution in [0.15, 0.2) is 18.3 Å². The minimum atomic E-state index is -2.87. The van der Waals surface area contributed by atoms with Crippen LogP contribution in [-0.2, 0) is 14.6 Å². The van der Waals surface area contributed by atoms with Crippen molar-refractivity contribution in [2.75, 3.05) is 62.3 Å². The van der Waals surface area contributed by atoms with Crippen LogP contribution >= 0.6 is 0 Å². The first-order valence-electron chi connectivity index (χ1n) is 12.4. The van der Waals surface area contributed by atoms with Crippen molar-refractivity contribution in [3.63, 3.8) is 0 Å². The number of nitrogens with zero attached hydrogens (tertiary/aromatic N) is 4. The SMILES string of the molecule is CCOC(=O)N1CC2(CC[C@@H](N3CCN(c4ncccc4C4CCS(=O)(=O)CC4)CC3)C2)C1. The summed E-state index contributed by atoms with van der Waals surface area (Å²) in [5, 5.41) is 0. The molecule has 182 valence electrons. The van der Waals surface area contributed by atoms with Crippen LogP contribution in [0.1, 0.15) is 50.5 Å². The van der Waals surface area contributed by atoms with Crippen molar-refractivity contribution in [3.8, 4) is 0 Å². The molecule has 0 radical (unpaired) electrons. The fraction of sp³-hybridized carbons (Fsp3) is 0.750. The molecule has 5 rings (SSSR count). The van der Waals surface area contributed by atoms with Gasteiger partial charge in [0, 0.05) is 56.9 Å². The molecule has 1 amide bonds. The van der Waals surface area contributed by atoms with E-state index in [1.807, 2.05) is 24.1 Å². The van der Waals surface area contributed by atoms with Crippen LogP contribution in [0.25, 0.3) is 0 Å². The average molecular weight is 477 g/mol. The molecule has 1 aromatic rings. The monoisotopic (exact) mass is 476 g/mol. The highest BCUT2D eigenvalue weighted by Crippen LogP contribution is 2.47. The first-order chi connectivity index (χ1) is 15.9. The van der Waals surface area contributed by atoms with Gasteiger partial charge in [-0.05, 0) is 56.6 Å². The maximum absolute atomic E-state index is 11.9. The van der Waals surface area contributed by atoms with Gasteiger partial charge in [0.2, 0.25) is 0 Å². The number of piperazine rings is 1. The Labute approximate surface area is 197 Å². The number of carbonyl (C=O) groups excluding carboxylic acids is 1. The molecule has 4 fully saturated rings. The highest BCUT2D eigenvalue weighted by atomic mass is 32.2. The Kier molecular flexibility index (Phi) is 6.29. The summed E-state index contributed by atoms with van der Waals surface area (Å²) in [6, 6.07) is 4.72. The third-order valence-electron chi connectivity index (χ3n) is 8.20. The number of pyridine rings is 1. The zero-order valence-corrected chi connectivity index (χ0v) is 20.4. The summed E-state index contributed by atoms with van der Waals surface area (Å²) < 4.78 is 28.9. The van der Waals surface area contributed by atoms with Gasteiger partial charge in [-0.25, -0.2) is 18.2 Å². The molecule has 3 aliphatic heterocycles. The van der Waals surface area contributed by atoms with Crippen molar-refractivity contribution in [2.24, 2.45) is 5.41 Å². The quantitative estimate of drug-likeness (QED) is 0.660. The zero-order chi connectivity index (χ0) is 23.1. The van der Waals surface area contributed by atoms with Crippen molar-refractivity contribution in [1.29, 1.82) is 0 Å². The molecule has 0 aromatic carbocycles. The number of hydrogen-bond acceptors (Lipinski definition) is 7. The van der Waals surface area contributed by atoms with Gasteiger partial charge in [0.25, 0.3) is 0 Å². The Balaban J connectivity index is 1.16. The smallest absolute Gasteiger partial charge is 0.409 e. The molecule has 1 aliphatic carbocycles. The van der Waals surface area contributed by atoms with Gasteiger partial charge in [-0.3, -0.25) is 4.90 Å². The Morgan fingerprint density at radius 1 is 1.15 bits per heavy atom. The van der Waals surface area contributed by atoms with Crippen LogP contribution in [0, 0.1) is 5.41 Å². The lowest BCUT2D eigenvalue weighted by atomic mass is 9.78. The Morgan fingerprint density at radius 2 is 1.88 bits per heavy atom. The number of sulfone groups is 1. The molecule has 1 aromatic heterocycles. The van der Waals surface area contributed by atoms with E-state index in [4.69, 9.17) is 9.72 Å². The number of likely N-dealkylation sites (tertiary alicyclic amines) is 1. The molecule has 9 heteroatoms. The van der Waals surface area contributed by atoms with E-state index in [2.05, 4.69) is 15.9 Å². The fourth-order valence-corrected chi connectivity index (χ4v) is 7.87. The van der Waals surface area contributed by atoms with Crippen molar-refractivity contribution >= 4 is 21.7 Å². The van der Waals surface area contributed by atoms with Crippen LogP contribution < -0.4 is 4.90 Å². The third kappa shape index (κ3) is 4.71. The molecule has 1 saturated carbocycles. The molecule has 8 nitrogen and oxygen atoms in total. The van der Waals surface area contributed by atoms with Gasteiger partial charge in [-0.2, -0.15) is 0 Å². The molecule has 33 heavy (non-hydrogen) atoms. The van der Waals surface area contributed by atoms with Gasteiger partial charge in [0.15, 0.2) is 0 Å². The minimum absolute atomic E-state index is 0.165. The minimum Gasteiger partial charge on any atom is -0.450 e. The summed E-state index contributed by atoms with van der Waals surface area (Å²) >= 11 is 0. The summed E-state index contributed by atoms with van der Waals surface area (Å²) in [6.45, 7) is 7.93. The number of carbonyl (C=O) groups is 1. The maximum atomic E-state index is 11.9. The fourth-order valence-electron chi connectivity index (χ4n) is 6.38. The molecule has 3 saturated heterocycles. The first kappa shape index (κ1) is 22.9. The highest BCUT2D eigenvalue weighted by molar-refractivity contribution is 7.91. The van der Waals surface area contributed by atoms with Crippen LogP contribution in [-0.4, -0.2) is 92.7 Å². The number of aromatic nitrogens is 1. The second-order valence-corrected chi connectivity index (χ2v) is 12.6. The lowest BCUT2D eigenvalue weighted by Crippen LogP contribution is -2.58. The lowest BCUT2D eigenvalue weighted by Gasteiger charge is -2.48. The summed E-state index contributed by atoms with van der Waals surface area (Å²) in [6.07, 6.45) is 6.68.